The van der Waals surface area contributed by atoms with Crippen molar-refractivity contribution in [2.75, 3.05) is 18.0 Å². The third-order valence-corrected chi connectivity index (χ3v) is 5.78. The third kappa shape index (κ3) is 2.39. The summed E-state index contributed by atoms with van der Waals surface area (Å²) in [6, 6.07) is 0.535. The van der Waals surface area contributed by atoms with Crippen LogP contribution in [0.25, 0.3) is 4.96 Å². The number of fused-ring (bicyclic) bond motifs is 1. The largest absolute Gasteiger partial charge is 0.373 e. The second kappa shape index (κ2) is 5.51. The number of imidazole rings is 1. The van der Waals surface area contributed by atoms with Gasteiger partial charge in [0, 0.05) is 30.4 Å². The van der Waals surface area contributed by atoms with Crippen LogP contribution in [0.5, 0.6) is 0 Å². The van der Waals surface area contributed by atoms with Gasteiger partial charge in [0.25, 0.3) is 4.96 Å². The van der Waals surface area contributed by atoms with Crippen LogP contribution in [-0.2, 0) is 0 Å². The van der Waals surface area contributed by atoms with Crippen LogP contribution in [0.1, 0.15) is 43.5 Å². The first-order valence-electron chi connectivity index (χ1n) is 8.46. The van der Waals surface area contributed by atoms with E-state index in [1.807, 2.05) is 16.6 Å². The van der Waals surface area contributed by atoms with E-state index in [1.54, 1.807) is 10.6 Å². The van der Waals surface area contributed by atoms with E-state index < -0.39 is 0 Å². The highest BCUT2D eigenvalue weighted by molar-refractivity contribution is 7.15. The summed E-state index contributed by atoms with van der Waals surface area (Å²) in [6.45, 7) is 1.47. The van der Waals surface area contributed by atoms with Crippen molar-refractivity contribution in [2.45, 2.75) is 37.6 Å². The van der Waals surface area contributed by atoms with Gasteiger partial charge < -0.3 is 19.6 Å². The lowest BCUT2D eigenvalue weighted by Gasteiger charge is -2.32. The summed E-state index contributed by atoms with van der Waals surface area (Å²) in [4.78, 5) is 18.5. The van der Waals surface area contributed by atoms with E-state index >= 15 is 0 Å². The van der Waals surface area contributed by atoms with E-state index in [1.165, 1.54) is 24.2 Å². The highest BCUT2D eigenvalue weighted by Crippen LogP contribution is 2.39. The van der Waals surface area contributed by atoms with Gasteiger partial charge in [0.1, 0.15) is 18.3 Å². The number of nitro groups is 1. The number of hydrogen-bond acceptors (Lipinski definition) is 7. The fourth-order valence-corrected chi connectivity index (χ4v) is 4.41. The smallest absolute Gasteiger partial charge is 0.358 e. The van der Waals surface area contributed by atoms with E-state index in [9.17, 15) is 10.1 Å². The highest BCUT2D eigenvalue weighted by Gasteiger charge is 2.35. The SMILES string of the molecule is O=[N+]([O-])c1c(N2CCCC(c3nncn3C3CC3)C2)nc2sccn12. The Kier molecular flexibility index (Phi) is 3.27. The van der Waals surface area contributed by atoms with Gasteiger partial charge in [-0.1, -0.05) is 11.3 Å². The Labute approximate surface area is 147 Å². The molecule has 0 spiro atoms. The zero-order valence-electron chi connectivity index (χ0n) is 13.5. The number of rotatable bonds is 4. The van der Waals surface area contributed by atoms with Crippen molar-refractivity contribution >= 4 is 27.9 Å². The molecule has 4 heterocycles. The molecule has 0 amide bonds. The van der Waals surface area contributed by atoms with Crippen LogP contribution in [0.2, 0.25) is 0 Å². The summed E-state index contributed by atoms with van der Waals surface area (Å²) in [6.07, 6.45) is 7.89. The maximum atomic E-state index is 11.6. The van der Waals surface area contributed by atoms with Crippen molar-refractivity contribution in [2.24, 2.45) is 0 Å². The fourth-order valence-electron chi connectivity index (χ4n) is 3.70. The topological polar surface area (TPSA) is 94.4 Å². The molecule has 0 aromatic carbocycles. The van der Waals surface area contributed by atoms with Gasteiger partial charge in [-0.3, -0.25) is 0 Å². The van der Waals surface area contributed by atoms with Gasteiger partial charge in [-0.2, -0.15) is 9.38 Å². The second-order valence-electron chi connectivity index (χ2n) is 6.68. The van der Waals surface area contributed by atoms with Crippen LogP contribution in [0.3, 0.4) is 0 Å². The summed E-state index contributed by atoms with van der Waals surface area (Å²) < 4.78 is 3.75. The lowest BCUT2D eigenvalue weighted by molar-refractivity contribution is -0.389. The van der Waals surface area contributed by atoms with Crippen LogP contribution < -0.4 is 4.90 Å². The molecule has 0 radical (unpaired) electrons. The van der Waals surface area contributed by atoms with Crippen molar-refractivity contribution in [3.05, 3.63) is 33.8 Å². The van der Waals surface area contributed by atoms with Gasteiger partial charge >= 0.3 is 5.82 Å². The fraction of sp³-hybridized carbons (Fsp3) is 0.533. The zero-order valence-corrected chi connectivity index (χ0v) is 14.3. The number of anilines is 1. The monoisotopic (exact) mass is 359 g/mol. The number of hydrogen-bond donors (Lipinski definition) is 0. The first-order chi connectivity index (χ1) is 12.2. The summed E-state index contributed by atoms with van der Waals surface area (Å²) in [7, 11) is 0. The van der Waals surface area contributed by atoms with E-state index in [2.05, 4.69) is 19.7 Å². The molecule has 2 fully saturated rings. The minimum atomic E-state index is -0.335. The molecule has 1 saturated carbocycles. The Morgan fingerprint density at radius 1 is 1.32 bits per heavy atom. The number of piperidine rings is 1. The van der Waals surface area contributed by atoms with Gasteiger partial charge in [0.05, 0.1) is 0 Å². The molecule has 5 rings (SSSR count). The molecular formula is C15H17N7O2S. The van der Waals surface area contributed by atoms with Crippen LogP contribution in [0.15, 0.2) is 17.9 Å². The highest BCUT2D eigenvalue weighted by atomic mass is 32.1. The molecule has 1 saturated heterocycles. The molecule has 9 nitrogen and oxygen atoms in total. The van der Waals surface area contributed by atoms with Gasteiger partial charge in [-0.25, -0.2) is 0 Å². The number of aromatic nitrogens is 5. The lowest BCUT2D eigenvalue weighted by atomic mass is 9.97. The van der Waals surface area contributed by atoms with E-state index in [0.29, 0.717) is 23.4 Å². The molecule has 1 atom stereocenters. The Balaban J connectivity index is 1.48. The van der Waals surface area contributed by atoms with Gasteiger partial charge in [0.2, 0.25) is 5.82 Å². The first kappa shape index (κ1) is 14.8. The lowest BCUT2D eigenvalue weighted by Crippen LogP contribution is -2.36. The maximum Gasteiger partial charge on any atom is 0.373 e. The average Bonchev–Trinajstić information content (AvgIpc) is 3.03. The van der Waals surface area contributed by atoms with Crippen molar-refractivity contribution in [1.29, 1.82) is 0 Å². The molecule has 10 heteroatoms. The summed E-state index contributed by atoms with van der Waals surface area (Å²) in [5.74, 6) is 1.77. The molecule has 3 aromatic heterocycles. The van der Waals surface area contributed by atoms with Crippen LogP contribution >= 0.6 is 11.3 Å². The Morgan fingerprint density at radius 3 is 3.00 bits per heavy atom. The van der Waals surface area contributed by atoms with Gasteiger partial charge in [-0.15, -0.1) is 10.2 Å². The Bertz CT molecular complexity index is 941. The molecule has 2 aliphatic rings. The molecular weight excluding hydrogens is 342 g/mol. The van der Waals surface area contributed by atoms with Crippen molar-refractivity contribution in [3.8, 4) is 0 Å². The van der Waals surface area contributed by atoms with Gasteiger partial charge in [-0.05, 0) is 30.6 Å². The van der Waals surface area contributed by atoms with Crippen LogP contribution in [0.4, 0.5) is 11.6 Å². The van der Waals surface area contributed by atoms with Crippen molar-refractivity contribution in [1.82, 2.24) is 24.1 Å². The predicted molar refractivity (Wildman–Crippen MR) is 92.2 cm³/mol. The molecule has 25 heavy (non-hydrogen) atoms. The van der Waals surface area contributed by atoms with Crippen LogP contribution in [0, 0.1) is 10.1 Å². The molecule has 130 valence electrons. The van der Waals surface area contributed by atoms with E-state index in [-0.39, 0.29) is 16.7 Å². The summed E-state index contributed by atoms with van der Waals surface area (Å²) >= 11 is 1.41. The molecule has 0 N–H and O–H groups in total. The number of thiazole rings is 1. The predicted octanol–water partition coefficient (Wildman–Crippen LogP) is 2.61. The van der Waals surface area contributed by atoms with E-state index in [0.717, 1.165) is 25.2 Å². The summed E-state index contributed by atoms with van der Waals surface area (Å²) in [5, 5.41) is 21.9. The second-order valence-corrected chi connectivity index (χ2v) is 7.56. The van der Waals surface area contributed by atoms with Gasteiger partial charge in [0.15, 0.2) is 0 Å². The Morgan fingerprint density at radius 2 is 2.20 bits per heavy atom. The average molecular weight is 359 g/mol. The first-order valence-corrected chi connectivity index (χ1v) is 9.34. The maximum absolute atomic E-state index is 11.6. The van der Waals surface area contributed by atoms with Crippen molar-refractivity contribution in [3.63, 3.8) is 0 Å². The minimum absolute atomic E-state index is 0.0561. The molecule has 1 aliphatic carbocycles. The van der Waals surface area contributed by atoms with E-state index in [4.69, 9.17) is 0 Å². The summed E-state index contributed by atoms with van der Waals surface area (Å²) in [5.41, 5.74) is 0. The Hall–Kier alpha value is -2.49. The zero-order chi connectivity index (χ0) is 17.0. The quantitative estimate of drug-likeness (QED) is 0.525. The minimum Gasteiger partial charge on any atom is -0.358 e. The molecule has 3 aromatic rings. The molecule has 1 aliphatic heterocycles. The number of nitrogens with zero attached hydrogens (tertiary/aromatic N) is 7. The third-order valence-electron chi connectivity index (χ3n) is 5.02. The molecule has 0 bridgehead atoms. The normalized spacial score (nSPS) is 21.1. The van der Waals surface area contributed by atoms with Crippen molar-refractivity contribution < 1.29 is 4.92 Å². The standard InChI is InChI=1S/C15H17N7O2S/c23-22(24)14-13(17-15-20(14)6-7-25-15)19-5-1-2-10(8-19)12-18-16-9-21(12)11-3-4-11/h6-7,9-11H,1-5,8H2. The molecule has 1 unspecified atom stereocenters. The van der Waals surface area contributed by atoms with Crippen LogP contribution in [-0.4, -0.2) is 42.2 Å².